The molecule has 0 spiro atoms. The van der Waals surface area contributed by atoms with E-state index >= 15 is 0 Å². The molecule has 1 aromatic carbocycles. The number of nitriles is 1. The van der Waals surface area contributed by atoms with E-state index < -0.39 is 0 Å². The van der Waals surface area contributed by atoms with E-state index in [2.05, 4.69) is 35.8 Å². The average molecular weight is 308 g/mol. The molecule has 1 aromatic rings. The van der Waals surface area contributed by atoms with Gasteiger partial charge in [0.05, 0.1) is 17.7 Å². The predicted molar refractivity (Wildman–Crippen MR) is 75.5 cm³/mol. The van der Waals surface area contributed by atoms with Crippen molar-refractivity contribution < 1.29 is 4.74 Å². The Kier molecular flexibility index (Phi) is 3.97. The van der Waals surface area contributed by atoms with E-state index in [1.807, 2.05) is 12.1 Å². The molecule has 0 radical (unpaired) electrons. The minimum atomic E-state index is 0.291. The van der Waals surface area contributed by atoms with Crippen LogP contribution in [-0.4, -0.2) is 6.10 Å². The lowest BCUT2D eigenvalue weighted by molar-refractivity contribution is 0.0987. The van der Waals surface area contributed by atoms with Crippen LogP contribution in [0.3, 0.4) is 0 Å². The van der Waals surface area contributed by atoms with Crippen LogP contribution in [0.2, 0.25) is 0 Å². The third-order valence-electron chi connectivity index (χ3n) is 3.59. The molecule has 0 atom stereocenters. The molecule has 2 rings (SSSR count). The highest BCUT2D eigenvalue weighted by molar-refractivity contribution is 9.10. The van der Waals surface area contributed by atoms with Crippen molar-refractivity contribution >= 4 is 15.9 Å². The Bertz CT molecular complexity index is 466. The zero-order valence-electron chi connectivity index (χ0n) is 10.9. The highest BCUT2D eigenvalue weighted by Crippen LogP contribution is 2.36. The number of ether oxygens (including phenoxy) is 1. The second-order valence-electron chi connectivity index (χ2n) is 5.77. The molecule has 18 heavy (non-hydrogen) atoms. The van der Waals surface area contributed by atoms with Crippen molar-refractivity contribution in [3.63, 3.8) is 0 Å². The summed E-state index contributed by atoms with van der Waals surface area (Å²) in [6, 6.07) is 7.69. The molecule has 0 saturated heterocycles. The van der Waals surface area contributed by atoms with Gasteiger partial charge in [0.2, 0.25) is 0 Å². The van der Waals surface area contributed by atoms with Crippen LogP contribution in [0, 0.1) is 16.7 Å². The maximum absolute atomic E-state index is 8.93. The van der Waals surface area contributed by atoms with Crippen molar-refractivity contribution in [2.75, 3.05) is 0 Å². The van der Waals surface area contributed by atoms with Crippen LogP contribution < -0.4 is 4.74 Å². The second kappa shape index (κ2) is 5.32. The molecule has 0 heterocycles. The summed E-state index contributed by atoms with van der Waals surface area (Å²) in [6.07, 6.45) is 4.90. The van der Waals surface area contributed by atoms with Gasteiger partial charge in [-0.1, -0.05) is 29.8 Å². The van der Waals surface area contributed by atoms with Crippen LogP contribution in [0.5, 0.6) is 5.75 Å². The fourth-order valence-electron chi connectivity index (χ4n) is 2.38. The molecule has 2 nitrogen and oxygen atoms in total. The van der Waals surface area contributed by atoms with Gasteiger partial charge in [-0.3, -0.25) is 0 Å². The van der Waals surface area contributed by atoms with Crippen molar-refractivity contribution in [1.29, 1.82) is 5.26 Å². The SMILES string of the molecule is CC1(C)CCC(Oc2cc(Br)cc(C#N)c2)CC1. The molecule has 1 aliphatic carbocycles. The van der Waals surface area contributed by atoms with Crippen LogP contribution in [-0.2, 0) is 0 Å². The third kappa shape index (κ3) is 3.49. The maximum Gasteiger partial charge on any atom is 0.122 e. The summed E-state index contributed by atoms with van der Waals surface area (Å²) in [4.78, 5) is 0. The van der Waals surface area contributed by atoms with Crippen LogP contribution >= 0.6 is 15.9 Å². The summed E-state index contributed by atoms with van der Waals surface area (Å²) in [6.45, 7) is 4.63. The zero-order chi connectivity index (χ0) is 13.2. The second-order valence-corrected chi connectivity index (χ2v) is 6.68. The summed E-state index contributed by atoms with van der Waals surface area (Å²) in [5, 5.41) is 8.93. The number of benzene rings is 1. The van der Waals surface area contributed by atoms with Gasteiger partial charge in [0.1, 0.15) is 5.75 Å². The Morgan fingerprint density at radius 1 is 1.28 bits per heavy atom. The summed E-state index contributed by atoms with van der Waals surface area (Å²) < 4.78 is 6.89. The number of hydrogen-bond acceptors (Lipinski definition) is 2. The van der Waals surface area contributed by atoms with E-state index in [1.54, 1.807) is 6.07 Å². The van der Waals surface area contributed by atoms with E-state index in [1.165, 1.54) is 12.8 Å². The summed E-state index contributed by atoms with van der Waals surface area (Å²) in [5.74, 6) is 0.797. The minimum Gasteiger partial charge on any atom is -0.490 e. The lowest BCUT2D eigenvalue weighted by Crippen LogP contribution is -2.28. The largest absolute Gasteiger partial charge is 0.490 e. The molecule has 0 unspecified atom stereocenters. The molecule has 3 heteroatoms. The first-order chi connectivity index (χ1) is 8.48. The molecule has 96 valence electrons. The number of halogens is 1. The maximum atomic E-state index is 8.93. The molecular weight excluding hydrogens is 290 g/mol. The minimum absolute atomic E-state index is 0.291. The fourth-order valence-corrected chi connectivity index (χ4v) is 2.85. The molecule has 1 saturated carbocycles. The third-order valence-corrected chi connectivity index (χ3v) is 4.05. The highest BCUT2D eigenvalue weighted by Gasteiger charge is 2.27. The first-order valence-electron chi connectivity index (χ1n) is 6.36. The Hall–Kier alpha value is -1.01. The Morgan fingerprint density at radius 2 is 1.94 bits per heavy atom. The van der Waals surface area contributed by atoms with Crippen LogP contribution in [0.15, 0.2) is 22.7 Å². The van der Waals surface area contributed by atoms with Gasteiger partial charge in [0, 0.05) is 4.47 Å². The molecule has 0 aliphatic heterocycles. The molecule has 0 bridgehead atoms. The smallest absolute Gasteiger partial charge is 0.122 e. The Labute approximate surface area is 117 Å². The lowest BCUT2D eigenvalue weighted by atomic mass is 9.76. The first kappa shape index (κ1) is 13.4. The van der Waals surface area contributed by atoms with E-state index in [4.69, 9.17) is 10.00 Å². The number of rotatable bonds is 2. The quantitative estimate of drug-likeness (QED) is 0.795. The van der Waals surface area contributed by atoms with Crippen LogP contribution in [0.25, 0.3) is 0 Å². The van der Waals surface area contributed by atoms with Gasteiger partial charge in [-0.2, -0.15) is 5.26 Å². The highest BCUT2D eigenvalue weighted by atomic mass is 79.9. The lowest BCUT2D eigenvalue weighted by Gasteiger charge is -2.34. The van der Waals surface area contributed by atoms with E-state index in [0.717, 1.165) is 23.1 Å². The monoisotopic (exact) mass is 307 g/mol. The van der Waals surface area contributed by atoms with E-state index in [-0.39, 0.29) is 0 Å². The van der Waals surface area contributed by atoms with Gasteiger partial charge in [-0.25, -0.2) is 0 Å². The van der Waals surface area contributed by atoms with Crippen LogP contribution in [0.1, 0.15) is 45.1 Å². The molecule has 1 aliphatic rings. The van der Waals surface area contributed by atoms with Gasteiger partial charge >= 0.3 is 0 Å². The standard InChI is InChI=1S/C15H18BrNO/c1-15(2)5-3-13(4-6-15)18-14-8-11(10-17)7-12(16)9-14/h7-9,13H,3-6H2,1-2H3. The summed E-state index contributed by atoms with van der Waals surface area (Å²) in [7, 11) is 0. The van der Waals surface area contributed by atoms with Gasteiger partial charge in [-0.05, 0) is 49.3 Å². The van der Waals surface area contributed by atoms with Crippen molar-refractivity contribution in [2.24, 2.45) is 5.41 Å². The molecule has 0 aromatic heterocycles. The van der Waals surface area contributed by atoms with Crippen molar-refractivity contribution in [1.82, 2.24) is 0 Å². The van der Waals surface area contributed by atoms with Gasteiger partial charge in [0.25, 0.3) is 0 Å². The average Bonchev–Trinajstić information content (AvgIpc) is 2.31. The fraction of sp³-hybridized carbons (Fsp3) is 0.533. The Balaban J connectivity index is 2.02. The van der Waals surface area contributed by atoms with Gasteiger partial charge < -0.3 is 4.74 Å². The van der Waals surface area contributed by atoms with Crippen molar-refractivity contribution in [3.8, 4) is 11.8 Å². The molecular formula is C15H18BrNO. The van der Waals surface area contributed by atoms with Crippen molar-refractivity contribution in [2.45, 2.75) is 45.6 Å². The molecule has 0 amide bonds. The predicted octanol–water partition coefficient (Wildman–Crippen LogP) is 4.67. The van der Waals surface area contributed by atoms with Crippen molar-refractivity contribution in [3.05, 3.63) is 28.2 Å². The number of hydrogen-bond donors (Lipinski definition) is 0. The summed E-state index contributed by atoms with van der Waals surface area (Å²) in [5.41, 5.74) is 1.09. The summed E-state index contributed by atoms with van der Waals surface area (Å²) >= 11 is 3.41. The first-order valence-corrected chi connectivity index (χ1v) is 7.15. The van der Waals surface area contributed by atoms with E-state index in [9.17, 15) is 0 Å². The topological polar surface area (TPSA) is 33.0 Å². The van der Waals surface area contributed by atoms with Crippen LogP contribution in [0.4, 0.5) is 0 Å². The molecule has 1 fully saturated rings. The number of nitrogens with zero attached hydrogens (tertiary/aromatic N) is 1. The normalized spacial score (nSPS) is 19.2. The Morgan fingerprint density at radius 3 is 2.56 bits per heavy atom. The van der Waals surface area contributed by atoms with Gasteiger partial charge in [-0.15, -0.1) is 0 Å². The molecule has 0 N–H and O–H groups in total. The van der Waals surface area contributed by atoms with E-state index in [0.29, 0.717) is 17.1 Å². The zero-order valence-corrected chi connectivity index (χ0v) is 12.5. The van der Waals surface area contributed by atoms with Gasteiger partial charge in [0.15, 0.2) is 0 Å².